The van der Waals surface area contributed by atoms with Crippen molar-refractivity contribution in [3.8, 4) is 0 Å². The number of rotatable bonds is 5. The van der Waals surface area contributed by atoms with Crippen molar-refractivity contribution in [2.75, 3.05) is 6.54 Å². The van der Waals surface area contributed by atoms with Gasteiger partial charge in [0.1, 0.15) is 11.9 Å². The van der Waals surface area contributed by atoms with E-state index in [0.29, 0.717) is 12.5 Å². The van der Waals surface area contributed by atoms with Crippen LogP contribution in [0.1, 0.15) is 44.9 Å². The maximum atomic E-state index is 12.4. The van der Waals surface area contributed by atoms with Crippen LogP contribution < -0.4 is 5.32 Å². The largest absolute Gasteiger partial charge is 0.354 e. The highest BCUT2D eigenvalue weighted by atomic mass is 35.5. The van der Waals surface area contributed by atoms with Gasteiger partial charge in [-0.2, -0.15) is 0 Å². The molecule has 0 bridgehead atoms. The number of nitrogens with zero attached hydrogens (tertiary/aromatic N) is 2. The smallest absolute Gasteiger partial charge is 0.242 e. The normalized spacial score (nSPS) is 14.4. The average Bonchev–Trinajstić information content (AvgIpc) is 2.83. The molecule has 0 saturated carbocycles. The summed E-state index contributed by atoms with van der Waals surface area (Å²) in [4.78, 5) is 16.9. The molecule has 0 aliphatic rings. The number of nitrogens with one attached hydrogen (secondary N) is 1. The van der Waals surface area contributed by atoms with E-state index in [4.69, 9.17) is 11.6 Å². The third-order valence-electron chi connectivity index (χ3n) is 3.43. The topological polar surface area (TPSA) is 46.9 Å². The Balaban J connectivity index is 2.39. The highest BCUT2D eigenvalue weighted by Gasteiger charge is 2.23. The first-order chi connectivity index (χ1) is 9.91. The minimum absolute atomic E-state index is 0.00887. The maximum Gasteiger partial charge on any atom is 0.242 e. The molecule has 1 N–H and O–H groups in total. The molecule has 5 heteroatoms. The highest BCUT2D eigenvalue weighted by molar-refractivity contribution is 6.20. The van der Waals surface area contributed by atoms with E-state index in [-0.39, 0.29) is 17.3 Å². The molecule has 1 aromatic carbocycles. The molecule has 0 spiro atoms. The predicted molar refractivity (Wildman–Crippen MR) is 86.6 cm³/mol. The molecule has 0 fully saturated rings. The number of hydrogen-bond donors (Lipinski definition) is 1. The Morgan fingerprint density at radius 2 is 1.95 bits per heavy atom. The summed E-state index contributed by atoms with van der Waals surface area (Å²) in [6.45, 7) is 8.57. The van der Waals surface area contributed by atoms with Gasteiger partial charge >= 0.3 is 0 Å². The van der Waals surface area contributed by atoms with Gasteiger partial charge in [-0.15, -0.1) is 11.6 Å². The summed E-state index contributed by atoms with van der Waals surface area (Å²) in [7, 11) is 0. The standard InChI is InChI=1S/C16H22ClN3O/c1-10(2)9-18-16(21)12(4)20-14-8-6-5-7-13(14)19-15(20)11(3)17/h5-8,10-12H,9H2,1-4H3,(H,18,21). The molecule has 1 heterocycles. The van der Waals surface area contributed by atoms with Gasteiger partial charge in [0.25, 0.3) is 0 Å². The Bertz CT molecular complexity index is 633. The number of para-hydroxylation sites is 2. The minimum Gasteiger partial charge on any atom is -0.354 e. The lowest BCUT2D eigenvalue weighted by molar-refractivity contribution is -0.124. The van der Waals surface area contributed by atoms with Crippen molar-refractivity contribution >= 4 is 28.5 Å². The molecule has 0 saturated heterocycles. The monoisotopic (exact) mass is 307 g/mol. The summed E-state index contributed by atoms with van der Waals surface area (Å²) in [5, 5.41) is 2.72. The Kier molecular flexibility index (Phi) is 4.88. The van der Waals surface area contributed by atoms with Crippen LogP contribution in [0.25, 0.3) is 11.0 Å². The third-order valence-corrected chi connectivity index (χ3v) is 3.63. The van der Waals surface area contributed by atoms with Crippen LogP contribution in [0.4, 0.5) is 0 Å². The molecular weight excluding hydrogens is 286 g/mol. The van der Waals surface area contributed by atoms with Crippen LogP contribution in [-0.4, -0.2) is 22.0 Å². The lowest BCUT2D eigenvalue weighted by atomic mass is 10.2. The average molecular weight is 308 g/mol. The first-order valence-corrected chi connectivity index (χ1v) is 7.74. The molecule has 0 radical (unpaired) electrons. The van der Waals surface area contributed by atoms with Crippen molar-refractivity contribution in [1.29, 1.82) is 0 Å². The Hall–Kier alpha value is -1.55. The van der Waals surface area contributed by atoms with Crippen molar-refractivity contribution in [1.82, 2.24) is 14.9 Å². The molecule has 2 unspecified atom stereocenters. The number of carbonyl (C=O) groups excluding carboxylic acids is 1. The van der Waals surface area contributed by atoms with Gasteiger partial charge in [-0.3, -0.25) is 4.79 Å². The van der Waals surface area contributed by atoms with Crippen LogP contribution in [-0.2, 0) is 4.79 Å². The van der Waals surface area contributed by atoms with E-state index in [1.807, 2.05) is 42.7 Å². The fraction of sp³-hybridized carbons (Fsp3) is 0.500. The number of amides is 1. The summed E-state index contributed by atoms with van der Waals surface area (Å²) in [5.41, 5.74) is 1.80. The molecule has 2 rings (SSSR count). The second kappa shape index (κ2) is 6.48. The van der Waals surface area contributed by atoms with Crippen molar-refractivity contribution < 1.29 is 4.79 Å². The SMILES string of the molecule is CC(C)CNC(=O)C(C)n1c(C(C)Cl)nc2ccccc21. The van der Waals surface area contributed by atoms with Crippen LogP contribution >= 0.6 is 11.6 Å². The number of fused-ring (bicyclic) bond motifs is 1. The summed E-state index contributed by atoms with van der Waals surface area (Å²) < 4.78 is 1.93. The van der Waals surface area contributed by atoms with Gasteiger partial charge in [-0.05, 0) is 31.9 Å². The second-order valence-electron chi connectivity index (χ2n) is 5.76. The summed E-state index contributed by atoms with van der Waals surface area (Å²) in [5.74, 6) is 1.14. The Labute approximate surface area is 130 Å². The number of hydrogen-bond acceptors (Lipinski definition) is 2. The zero-order valence-corrected chi connectivity index (χ0v) is 13.7. The van der Waals surface area contributed by atoms with Crippen molar-refractivity contribution in [3.05, 3.63) is 30.1 Å². The number of imidazole rings is 1. The highest BCUT2D eigenvalue weighted by Crippen LogP contribution is 2.28. The minimum atomic E-state index is -0.340. The first-order valence-electron chi connectivity index (χ1n) is 7.30. The van der Waals surface area contributed by atoms with Gasteiger partial charge in [-0.25, -0.2) is 4.98 Å². The van der Waals surface area contributed by atoms with Crippen molar-refractivity contribution in [3.63, 3.8) is 0 Å². The Morgan fingerprint density at radius 3 is 2.57 bits per heavy atom. The fourth-order valence-electron chi connectivity index (χ4n) is 2.32. The van der Waals surface area contributed by atoms with Gasteiger partial charge in [0.15, 0.2) is 0 Å². The van der Waals surface area contributed by atoms with Crippen LogP contribution in [0.3, 0.4) is 0 Å². The quantitative estimate of drug-likeness (QED) is 0.857. The maximum absolute atomic E-state index is 12.4. The number of aromatic nitrogens is 2. The fourth-order valence-corrected chi connectivity index (χ4v) is 2.47. The molecule has 114 valence electrons. The van der Waals surface area contributed by atoms with Crippen molar-refractivity contribution in [2.45, 2.75) is 39.1 Å². The zero-order valence-electron chi connectivity index (χ0n) is 12.9. The molecule has 4 nitrogen and oxygen atoms in total. The molecule has 1 amide bonds. The van der Waals surface area contributed by atoms with Gasteiger partial charge in [-0.1, -0.05) is 26.0 Å². The van der Waals surface area contributed by atoms with Crippen LogP contribution in [0.5, 0.6) is 0 Å². The molecule has 2 atom stereocenters. The zero-order chi connectivity index (χ0) is 15.6. The number of halogens is 1. The third kappa shape index (κ3) is 3.38. The molecule has 0 aliphatic carbocycles. The predicted octanol–water partition coefficient (Wildman–Crippen LogP) is 3.67. The van der Waals surface area contributed by atoms with E-state index in [9.17, 15) is 4.79 Å². The molecular formula is C16H22ClN3O. The van der Waals surface area contributed by atoms with Gasteiger partial charge in [0.05, 0.1) is 16.4 Å². The van der Waals surface area contributed by atoms with Crippen molar-refractivity contribution in [2.24, 2.45) is 5.92 Å². The number of benzene rings is 1. The number of carbonyl (C=O) groups is 1. The van der Waals surface area contributed by atoms with E-state index in [0.717, 1.165) is 16.9 Å². The van der Waals surface area contributed by atoms with Gasteiger partial charge in [0.2, 0.25) is 5.91 Å². The van der Waals surface area contributed by atoms with Gasteiger partial charge < -0.3 is 9.88 Å². The second-order valence-corrected chi connectivity index (χ2v) is 6.41. The lowest BCUT2D eigenvalue weighted by Gasteiger charge is -2.19. The first kappa shape index (κ1) is 15.8. The van der Waals surface area contributed by atoms with Crippen LogP contribution in [0, 0.1) is 5.92 Å². The molecule has 0 aliphatic heterocycles. The molecule has 2 aromatic rings. The summed E-state index contributed by atoms with van der Waals surface area (Å²) in [6, 6.07) is 7.45. The lowest BCUT2D eigenvalue weighted by Crippen LogP contribution is -2.34. The van der Waals surface area contributed by atoms with Crippen LogP contribution in [0.15, 0.2) is 24.3 Å². The Morgan fingerprint density at radius 1 is 1.29 bits per heavy atom. The molecule has 21 heavy (non-hydrogen) atoms. The number of alkyl halides is 1. The van der Waals surface area contributed by atoms with E-state index in [2.05, 4.69) is 24.1 Å². The van der Waals surface area contributed by atoms with Gasteiger partial charge in [0, 0.05) is 6.54 Å². The molecule has 1 aromatic heterocycles. The van der Waals surface area contributed by atoms with E-state index in [1.54, 1.807) is 0 Å². The van der Waals surface area contributed by atoms with E-state index in [1.165, 1.54) is 0 Å². The van der Waals surface area contributed by atoms with E-state index >= 15 is 0 Å². The summed E-state index contributed by atoms with van der Waals surface area (Å²) >= 11 is 6.24. The van der Waals surface area contributed by atoms with E-state index < -0.39 is 0 Å². The summed E-state index contributed by atoms with van der Waals surface area (Å²) in [6.07, 6.45) is 0. The van der Waals surface area contributed by atoms with Crippen LogP contribution in [0.2, 0.25) is 0 Å².